The third-order valence-corrected chi connectivity index (χ3v) is 7.36. The third-order valence-electron chi connectivity index (χ3n) is 4.00. The standard InChI is InChI=1S/C16H18ClN3O4S3/c1-23-13-4-3-9(5-14(13)24-2)11-6-26-16(19-11)20-15(25)18-12-8-27(21,22)7-10(12)17/h3-6,10,12H,7-8H2,1-2H3,(H2,18,19,20,25)/t10-,12+/m0/s1. The number of aromatic nitrogens is 1. The van der Waals surface area contributed by atoms with Crippen LogP contribution in [0.15, 0.2) is 23.6 Å². The largest absolute Gasteiger partial charge is 0.493 e. The van der Waals surface area contributed by atoms with Gasteiger partial charge >= 0.3 is 0 Å². The number of halogens is 1. The van der Waals surface area contributed by atoms with Crippen LogP contribution in [0.2, 0.25) is 0 Å². The first-order valence-electron chi connectivity index (χ1n) is 7.91. The van der Waals surface area contributed by atoms with Gasteiger partial charge in [0.25, 0.3) is 0 Å². The topological polar surface area (TPSA) is 89.6 Å². The van der Waals surface area contributed by atoms with Gasteiger partial charge in [-0.25, -0.2) is 13.4 Å². The second-order valence-corrected chi connectivity index (χ2v) is 9.89. The zero-order chi connectivity index (χ0) is 19.6. The molecule has 27 heavy (non-hydrogen) atoms. The summed E-state index contributed by atoms with van der Waals surface area (Å²) in [5.41, 5.74) is 1.63. The second kappa shape index (κ2) is 8.17. The van der Waals surface area contributed by atoms with Gasteiger partial charge in [-0.3, -0.25) is 0 Å². The number of ether oxygens (including phenoxy) is 2. The Balaban J connectivity index is 1.67. The zero-order valence-corrected chi connectivity index (χ0v) is 17.8. The molecule has 146 valence electrons. The van der Waals surface area contributed by atoms with Crippen molar-refractivity contribution in [2.24, 2.45) is 0 Å². The molecule has 0 unspecified atom stereocenters. The number of hydrogen-bond acceptors (Lipinski definition) is 7. The highest BCUT2D eigenvalue weighted by atomic mass is 35.5. The van der Waals surface area contributed by atoms with E-state index >= 15 is 0 Å². The van der Waals surface area contributed by atoms with Crippen LogP contribution in [0.4, 0.5) is 5.13 Å². The molecule has 0 saturated carbocycles. The van der Waals surface area contributed by atoms with Gasteiger partial charge in [0.05, 0.1) is 42.8 Å². The summed E-state index contributed by atoms with van der Waals surface area (Å²) >= 11 is 12.7. The predicted molar refractivity (Wildman–Crippen MR) is 112 cm³/mol. The maximum absolute atomic E-state index is 11.6. The molecule has 3 rings (SSSR count). The molecule has 1 aliphatic heterocycles. The van der Waals surface area contributed by atoms with Gasteiger partial charge in [0.1, 0.15) is 0 Å². The van der Waals surface area contributed by atoms with E-state index in [1.54, 1.807) is 14.2 Å². The number of anilines is 1. The number of rotatable bonds is 5. The molecule has 1 saturated heterocycles. The molecule has 0 aliphatic carbocycles. The fourth-order valence-corrected chi connectivity index (χ4v) is 6.28. The molecule has 0 amide bonds. The zero-order valence-electron chi connectivity index (χ0n) is 14.6. The van der Waals surface area contributed by atoms with Gasteiger partial charge in [-0.2, -0.15) is 0 Å². The van der Waals surface area contributed by atoms with Crippen LogP contribution in [-0.4, -0.2) is 55.7 Å². The minimum atomic E-state index is -3.12. The van der Waals surface area contributed by atoms with Gasteiger partial charge in [-0.05, 0) is 30.4 Å². The van der Waals surface area contributed by atoms with E-state index in [0.29, 0.717) is 16.6 Å². The summed E-state index contributed by atoms with van der Waals surface area (Å²) in [6.07, 6.45) is 0. The number of nitrogens with zero attached hydrogens (tertiary/aromatic N) is 1. The summed E-state index contributed by atoms with van der Waals surface area (Å²) in [5, 5.41) is 8.19. The van der Waals surface area contributed by atoms with Crippen molar-refractivity contribution in [2.45, 2.75) is 11.4 Å². The van der Waals surface area contributed by atoms with E-state index in [4.69, 9.17) is 33.3 Å². The van der Waals surface area contributed by atoms with Crippen LogP contribution in [-0.2, 0) is 9.84 Å². The first-order chi connectivity index (χ1) is 12.8. The summed E-state index contributed by atoms with van der Waals surface area (Å²) in [6.45, 7) is 0. The minimum Gasteiger partial charge on any atom is -0.493 e. The van der Waals surface area contributed by atoms with Crippen LogP contribution < -0.4 is 20.1 Å². The third kappa shape index (κ3) is 4.81. The predicted octanol–water partition coefficient (Wildman–Crippen LogP) is 2.52. The van der Waals surface area contributed by atoms with Crippen molar-refractivity contribution in [2.75, 3.05) is 31.0 Å². The molecule has 1 fully saturated rings. The normalized spacial score (nSPS) is 20.9. The lowest BCUT2D eigenvalue weighted by Gasteiger charge is -2.16. The SMILES string of the molecule is COc1ccc(-c2csc(NC(=S)N[C@@H]3CS(=O)(=O)C[C@@H]3Cl)n2)cc1OC. The molecule has 2 atom stereocenters. The van der Waals surface area contributed by atoms with E-state index in [9.17, 15) is 8.42 Å². The highest BCUT2D eigenvalue weighted by Crippen LogP contribution is 2.33. The maximum Gasteiger partial charge on any atom is 0.189 e. The van der Waals surface area contributed by atoms with Crippen LogP contribution in [0.25, 0.3) is 11.3 Å². The average molecular weight is 448 g/mol. The second-order valence-electron chi connectivity index (χ2n) is 5.91. The van der Waals surface area contributed by atoms with Crippen molar-refractivity contribution in [1.29, 1.82) is 0 Å². The lowest BCUT2D eigenvalue weighted by molar-refractivity contribution is 0.355. The Morgan fingerprint density at radius 1 is 1.30 bits per heavy atom. The Hall–Kier alpha value is -1.62. The average Bonchev–Trinajstić information content (AvgIpc) is 3.17. The highest BCUT2D eigenvalue weighted by molar-refractivity contribution is 7.91. The smallest absolute Gasteiger partial charge is 0.189 e. The highest BCUT2D eigenvalue weighted by Gasteiger charge is 2.36. The molecule has 1 aromatic heterocycles. The first-order valence-corrected chi connectivity index (χ1v) is 11.5. The molecular formula is C16H18ClN3O4S3. The number of sulfone groups is 1. The first kappa shape index (κ1) is 20.1. The number of nitrogens with one attached hydrogen (secondary N) is 2. The van der Waals surface area contributed by atoms with Gasteiger partial charge < -0.3 is 20.1 Å². The van der Waals surface area contributed by atoms with Crippen LogP contribution in [0.5, 0.6) is 11.5 Å². The molecule has 1 aromatic carbocycles. The van der Waals surface area contributed by atoms with Crippen LogP contribution in [0.3, 0.4) is 0 Å². The number of alkyl halides is 1. The van der Waals surface area contributed by atoms with Crippen molar-refractivity contribution in [3.05, 3.63) is 23.6 Å². The van der Waals surface area contributed by atoms with E-state index in [-0.39, 0.29) is 16.6 Å². The summed E-state index contributed by atoms with van der Waals surface area (Å²) < 4.78 is 33.8. The summed E-state index contributed by atoms with van der Waals surface area (Å²) in [6, 6.07) is 5.13. The molecular weight excluding hydrogens is 430 g/mol. The molecule has 2 N–H and O–H groups in total. The Bertz CT molecular complexity index is 948. The molecule has 0 spiro atoms. The summed E-state index contributed by atoms with van der Waals surface area (Å²) in [7, 11) is 0.0328. The molecule has 11 heteroatoms. The van der Waals surface area contributed by atoms with E-state index in [0.717, 1.165) is 11.3 Å². The maximum atomic E-state index is 11.6. The van der Waals surface area contributed by atoms with Crippen molar-refractivity contribution in [3.8, 4) is 22.8 Å². The molecule has 2 heterocycles. The van der Waals surface area contributed by atoms with Gasteiger partial charge in [0.15, 0.2) is 31.6 Å². The van der Waals surface area contributed by atoms with Crippen LogP contribution in [0.1, 0.15) is 0 Å². The van der Waals surface area contributed by atoms with Gasteiger partial charge in [0, 0.05) is 10.9 Å². The summed E-state index contributed by atoms with van der Waals surface area (Å²) in [4.78, 5) is 4.51. The molecule has 0 bridgehead atoms. The van der Waals surface area contributed by atoms with E-state index in [2.05, 4.69) is 15.6 Å². The lowest BCUT2D eigenvalue weighted by atomic mass is 10.1. The Labute approximate surface area is 172 Å². The van der Waals surface area contributed by atoms with Crippen molar-refractivity contribution in [3.63, 3.8) is 0 Å². The fraction of sp³-hybridized carbons (Fsp3) is 0.375. The Kier molecular flexibility index (Phi) is 6.09. The van der Waals surface area contributed by atoms with Crippen molar-refractivity contribution >= 4 is 55.2 Å². The van der Waals surface area contributed by atoms with E-state index < -0.39 is 21.3 Å². The molecule has 1 aliphatic rings. The molecule has 0 radical (unpaired) electrons. The van der Waals surface area contributed by atoms with E-state index in [1.807, 2.05) is 23.6 Å². The lowest BCUT2D eigenvalue weighted by Crippen LogP contribution is -2.42. The number of hydrogen-bond donors (Lipinski definition) is 2. The number of methoxy groups -OCH3 is 2. The van der Waals surface area contributed by atoms with E-state index in [1.165, 1.54) is 11.3 Å². The number of thiazole rings is 1. The van der Waals surface area contributed by atoms with Crippen LogP contribution in [0, 0.1) is 0 Å². The molecule has 7 nitrogen and oxygen atoms in total. The quantitative estimate of drug-likeness (QED) is 0.533. The van der Waals surface area contributed by atoms with Gasteiger partial charge in [-0.15, -0.1) is 22.9 Å². The molecule has 2 aromatic rings. The number of thiocarbonyl (C=S) groups is 1. The minimum absolute atomic E-state index is 0.0300. The summed E-state index contributed by atoms with van der Waals surface area (Å²) in [5.74, 6) is 1.18. The van der Waals surface area contributed by atoms with Gasteiger partial charge in [0.2, 0.25) is 0 Å². The Morgan fingerprint density at radius 2 is 2.04 bits per heavy atom. The fourth-order valence-electron chi connectivity index (χ4n) is 2.70. The Morgan fingerprint density at radius 3 is 2.67 bits per heavy atom. The van der Waals surface area contributed by atoms with Crippen molar-refractivity contribution in [1.82, 2.24) is 10.3 Å². The van der Waals surface area contributed by atoms with Gasteiger partial charge in [-0.1, -0.05) is 0 Å². The monoisotopic (exact) mass is 447 g/mol. The number of benzene rings is 1. The van der Waals surface area contributed by atoms with Crippen LogP contribution >= 0.6 is 35.2 Å². The van der Waals surface area contributed by atoms with Crippen molar-refractivity contribution < 1.29 is 17.9 Å².